The minimum Gasteiger partial charge on any atom is -0.354 e. The average Bonchev–Trinajstić information content (AvgIpc) is 2.19. The number of anilines is 1. The third-order valence-corrected chi connectivity index (χ3v) is 2.06. The summed E-state index contributed by atoms with van der Waals surface area (Å²) in [6.07, 6.45) is 1.51. The van der Waals surface area contributed by atoms with Crippen molar-refractivity contribution in [2.24, 2.45) is 0 Å². The summed E-state index contributed by atoms with van der Waals surface area (Å²) in [5.74, 6) is 0.738. The van der Waals surface area contributed by atoms with Gasteiger partial charge < -0.3 is 10.2 Å². The second-order valence-electron chi connectivity index (χ2n) is 2.93. The number of nitrogens with zero attached hydrogens (tertiary/aromatic N) is 3. The number of piperazine rings is 1. The van der Waals surface area contributed by atoms with Crippen LogP contribution in [0.1, 0.15) is 0 Å². The van der Waals surface area contributed by atoms with Crippen molar-refractivity contribution in [3.8, 4) is 6.01 Å². The molecule has 0 atom stereocenters. The molecule has 0 spiro atoms. The van der Waals surface area contributed by atoms with E-state index in [-0.39, 0.29) is 0 Å². The van der Waals surface area contributed by atoms with E-state index in [1.54, 1.807) is 6.07 Å². The summed E-state index contributed by atoms with van der Waals surface area (Å²) in [6, 6.07) is 1.36. The topological polar surface area (TPSA) is 61.0 Å². The number of rotatable bonds is 1. The SMILES string of the molecule is [O]c1nccc(N2CCNCC2)n1. The fourth-order valence-corrected chi connectivity index (χ4v) is 1.40. The molecule has 0 amide bonds. The molecule has 1 aliphatic heterocycles. The fraction of sp³-hybridized carbons (Fsp3) is 0.500. The maximum atomic E-state index is 10.9. The summed E-state index contributed by atoms with van der Waals surface area (Å²) in [5.41, 5.74) is 0. The molecule has 1 N–H and O–H groups in total. The Morgan fingerprint density at radius 1 is 1.38 bits per heavy atom. The van der Waals surface area contributed by atoms with Gasteiger partial charge in [0.15, 0.2) is 0 Å². The zero-order valence-corrected chi connectivity index (χ0v) is 7.23. The van der Waals surface area contributed by atoms with E-state index in [1.807, 2.05) is 0 Å². The lowest BCUT2D eigenvalue weighted by molar-refractivity contribution is 0.319. The zero-order chi connectivity index (χ0) is 9.10. The highest BCUT2D eigenvalue weighted by Crippen LogP contribution is 2.12. The zero-order valence-electron chi connectivity index (χ0n) is 7.23. The molecule has 1 aliphatic rings. The second-order valence-corrected chi connectivity index (χ2v) is 2.93. The van der Waals surface area contributed by atoms with Crippen LogP contribution >= 0.6 is 0 Å². The van der Waals surface area contributed by atoms with Crippen LogP contribution in [0.3, 0.4) is 0 Å². The molecule has 1 saturated heterocycles. The molecule has 0 bridgehead atoms. The van der Waals surface area contributed by atoms with Crippen molar-refractivity contribution in [1.82, 2.24) is 15.3 Å². The quantitative estimate of drug-likeness (QED) is 0.660. The van der Waals surface area contributed by atoms with Crippen LogP contribution in [-0.2, 0) is 5.11 Å². The first-order valence-corrected chi connectivity index (χ1v) is 4.32. The van der Waals surface area contributed by atoms with Crippen molar-refractivity contribution in [1.29, 1.82) is 0 Å². The Hall–Kier alpha value is -1.36. The molecule has 13 heavy (non-hydrogen) atoms. The van der Waals surface area contributed by atoms with Crippen LogP contribution in [0.25, 0.3) is 0 Å². The van der Waals surface area contributed by atoms with Gasteiger partial charge in [-0.1, -0.05) is 0 Å². The van der Waals surface area contributed by atoms with E-state index >= 15 is 0 Å². The van der Waals surface area contributed by atoms with Gasteiger partial charge in [0.05, 0.1) is 0 Å². The summed E-state index contributed by atoms with van der Waals surface area (Å²) in [6.45, 7) is 3.68. The van der Waals surface area contributed by atoms with Gasteiger partial charge in [0, 0.05) is 32.4 Å². The highest BCUT2D eigenvalue weighted by molar-refractivity contribution is 5.38. The van der Waals surface area contributed by atoms with E-state index in [4.69, 9.17) is 0 Å². The van der Waals surface area contributed by atoms with E-state index in [1.165, 1.54) is 6.20 Å². The fourth-order valence-electron chi connectivity index (χ4n) is 1.40. The lowest BCUT2D eigenvalue weighted by Crippen LogP contribution is -2.43. The van der Waals surface area contributed by atoms with Crippen LogP contribution in [0.15, 0.2) is 12.3 Å². The van der Waals surface area contributed by atoms with Crippen LogP contribution in [0.5, 0.6) is 6.01 Å². The smallest absolute Gasteiger partial charge is 0.354 e. The van der Waals surface area contributed by atoms with E-state index in [2.05, 4.69) is 20.2 Å². The highest BCUT2D eigenvalue weighted by Gasteiger charge is 2.11. The Balaban J connectivity index is 2.14. The van der Waals surface area contributed by atoms with Gasteiger partial charge in [-0.3, -0.25) is 0 Å². The number of aromatic nitrogens is 2. The highest BCUT2D eigenvalue weighted by atomic mass is 16.3. The van der Waals surface area contributed by atoms with Crippen molar-refractivity contribution < 1.29 is 5.11 Å². The predicted octanol–water partition coefficient (Wildman–Crippen LogP) is 0.0300. The molecule has 0 unspecified atom stereocenters. The Bertz CT molecular complexity index is 285. The van der Waals surface area contributed by atoms with Crippen LogP contribution in [0.2, 0.25) is 0 Å². The molecule has 0 saturated carbocycles. The molecule has 0 aromatic carbocycles. The molecule has 0 aliphatic carbocycles. The maximum Gasteiger partial charge on any atom is 0.368 e. The van der Waals surface area contributed by atoms with Crippen molar-refractivity contribution >= 4 is 5.82 Å². The van der Waals surface area contributed by atoms with E-state index in [0.29, 0.717) is 0 Å². The summed E-state index contributed by atoms with van der Waals surface area (Å²) in [5, 5.41) is 14.1. The van der Waals surface area contributed by atoms with Gasteiger partial charge >= 0.3 is 6.01 Å². The second kappa shape index (κ2) is 3.57. The molecule has 5 nitrogen and oxygen atoms in total. The molecule has 1 fully saturated rings. The van der Waals surface area contributed by atoms with Gasteiger partial charge in [-0.05, 0) is 6.07 Å². The molecular formula is C8H11N4O. The Morgan fingerprint density at radius 3 is 2.85 bits per heavy atom. The Labute approximate surface area is 76.4 Å². The Kier molecular flexibility index (Phi) is 2.27. The molecule has 5 heteroatoms. The van der Waals surface area contributed by atoms with Gasteiger partial charge in [0.25, 0.3) is 0 Å². The molecule has 2 heterocycles. The standard InChI is InChI=1S/C8H11N4O/c13-8-10-2-1-7(11-8)12-5-3-9-4-6-12/h1-2,9H,3-6H2. The van der Waals surface area contributed by atoms with Gasteiger partial charge in [0.2, 0.25) is 0 Å². The molecule has 2 rings (SSSR count). The predicted molar refractivity (Wildman–Crippen MR) is 47.2 cm³/mol. The number of hydrogen-bond donors (Lipinski definition) is 1. The lowest BCUT2D eigenvalue weighted by atomic mass is 10.3. The summed E-state index contributed by atoms with van der Waals surface area (Å²) >= 11 is 0. The van der Waals surface area contributed by atoms with Crippen molar-refractivity contribution in [2.75, 3.05) is 31.1 Å². The van der Waals surface area contributed by atoms with Crippen LogP contribution < -0.4 is 10.2 Å². The number of nitrogens with one attached hydrogen (secondary N) is 1. The third-order valence-electron chi connectivity index (χ3n) is 2.06. The van der Waals surface area contributed by atoms with E-state index < -0.39 is 6.01 Å². The van der Waals surface area contributed by atoms with Crippen LogP contribution in [0.4, 0.5) is 5.82 Å². The lowest BCUT2D eigenvalue weighted by Gasteiger charge is -2.27. The van der Waals surface area contributed by atoms with Crippen molar-refractivity contribution in [3.05, 3.63) is 12.3 Å². The van der Waals surface area contributed by atoms with Gasteiger partial charge in [-0.15, -0.1) is 0 Å². The first-order chi connectivity index (χ1) is 6.36. The largest absolute Gasteiger partial charge is 0.368 e. The van der Waals surface area contributed by atoms with E-state index in [9.17, 15) is 5.11 Å². The Morgan fingerprint density at radius 2 is 2.15 bits per heavy atom. The number of hydrogen-bond acceptors (Lipinski definition) is 4. The van der Waals surface area contributed by atoms with Crippen molar-refractivity contribution in [2.45, 2.75) is 0 Å². The average molecular weight is 179 g/mol. The normalized spacial score (nSPS) is 17.4. The molecule has 69 valence electrons. The third kappa shape index (κ3) is 1.86. The monoisotopic (exact) mass is 179 g/mol. The summed E-state index contributed by atoms with van der Waals surface area (Å²) in [7, 11) is 0. The van der Waals surface area contributed by atoms with Gasteiger partial charge in [-0.25, -0.2) is 5.11 Å². The molecule has 1 aromatic heterocycles. The minimum absolute atomic E-state index is 0.406. The molecule has 1 radical (unpaired) electrons. The maximum absolute atomic E-state index is 10.9. The minimum atomic E-state index is -0.406. The molecular weight excluding hydrogens is 168 g/mol. The first kappa shape index (κ1) is 8.25. The first-order valence-electron chi connectivity index (χ1n) is 4.32. The summed E-state index contributed by atoms with van der Waals surface area (Å²) in [4.78, 5) is 9.44. The summed E-state index contributed by atoms with van der Waals surface area (Å²) < 4.78 is 0. The van der Waals surface area contributed by atoms with Gasteiger partial charge in [-0.2, -0.15) is 9.97 Å². The van der Waals surface area contributed by atoms with E-state index in [0.717, 1.165) is 32.0 Å². The molecule has 1 aromatic rings. The van der Waals surface area contributed by atoms with Crippen LogP contribution in [0, 0.1) is 0 Å². The van der Waals surface area contributed by atoms with Crippen molar-refractivity contribution in [3.63, 3.8) is 0 Å². The van der Waals surface area contributed by atoms with Crippen LogP contribution in [-0.4, -0.2) is 36.1 Å². The van der Waals surface area contributed by atoms with Gasteiger partial charge in [0.1, 0.15) is 5.82 Å².